The Kier molecular flexibility index (Phi) is 4.86. The first-order valence-corrected chi connectivity index (χ1v) is 8.22. The van der Waals surface area contributed by atoms with Gasteiger partial charge < -0.3 is 25.2 Å². The van der Waals surface area contributed by atoms with Gasteiger partial charge in [-0.25, -0.2) is 0 Å². The highest BCUT2D eigenvalue weighted by molar-refractivity contribution is 6.05. The molecule has 0 amide bonds. The van der Waals surface area contributed by atoms with E-state index in [4.69, 9.17) is 9.84 Å². The molecule has 0 saturated carbocycles. The maximum atomic E-state index is 12.9. The molecule has 2 aromatic rings. The summed E-state index contributed by atoms with van der Waals surface area (Å²) in [6, 6.07) is 7.03. The third-order valence-electron chi connectivity index (χ3n) is 4.51. The van der Waals surface area contributed by atoms with Crippen molar-refractivity contribution < 1.29 is 30.0 Å². The molecular weight excluding hydrogens is 336 g/mol. The molecule has 0 saturated heterocycles. The molecule has 1 atom stereocenters. The minimum Gasteiger partial charge on any atom is -0.508 e. The summed E-state index contributed by atoms with van der Waals surface area (Å²) in [4.78, 5) is 12.9. The molecule has 0 aliphatic carbocycles. The van der Waals surface area contributed by atoms with Crippen molar-refractivity contribution in [2.45, 2.75) is 19.3 Å². The highest BCUT2D eigenvalue weighted by Gasteiger charge is 2.33. The van der Waals surface area contributed by atoms with Gasteiger partial charge in [0.1, 0.15) is 29.6 Å². The molecule has 3 rings (SSSR count). The van der Waals surface area contributed by atoms with Crippen LogP contribution in [-0.4, -0.2) is 39.4 Å². The van der Waals surface area contributed by atoms with Crippen molar-refractivity contribution in [3.8, 4) is 23.0 Å². The molecule has 0 spiro atoms. The molecule has 6 nitrogen and oxygen atoms in total. The number of hydrogen-bond acceptors (Lipinski definition) is 6. The summed E-state index contributed by atoms with van der Waals surface area (Å²) in [5.41, 5.74) is 1.94. The highest BCUT2D eigenvalue weighted by Crippen LogP contribution is 2.41. The van der Waals surface area contributed by atoms with Crippen LogP contribution in [0.3, 0.4) is 0 Å². The van der Waals surface area contributed by atoms with E-state index in [0.29, 0.717) is 28.9 Å². The number of benzene rings is 2. The summed E-state index contributed by atoms with van der Waals surface area (Å²) < 4.78 is 5.78. The maximum absolute atomic E-state index is 12.9. The van der Waals surface area contributed by atoms with Gasteiger partial charge in [0.05, 0.1) is 18.1 Å². The largest absolute Gasteiger partial charge is 0.508 e. The Hall–Kier alpha value is -2.99. The van der Waals surface area contributed by atoms with Gasteiger partial charge in [-0.05, 0) is 31.5 Å². The number of fused-ring (bicyclic) bond motifs is 1. The predicted molar refractivity (Wildman–Crippen MR) is 95.0 cm³/mol. The molecule has 1 aliphatic heterocycles. The zero-order valence-corrected chi connectivity index (χ0v) is 14.3. The zero-order valence-electron chi connectivity index (χ0n) is 14.3. The number of Topliss-reactive ketones (excluding diaryl/α,β-unsaturated/α-hetero) is 1. The number of phenolic OH excluding ortho intramolecular Hbond substituents is 3. The lowest BCUT2D eigenvalue weighted by atomic mass is 9.87. The highest BCUT2D eigenvalue weighted by atomic mass is 16.5. The molecule has 0 bridgehead atoms. The summed E-state index contributed by atoms with van der Waals surface area (Å²) in [5, 5.41) is 38.7. The number of ketones is 1. The fourth-order valence-corrected chi connectivity index (χ4v) is 3.00. The average molecular weight is 356 g/mol. The number of rotatable bonds is 4. The molecular formula is C20H20O6. The van der Waals surface area contributed by atoms with Crippen LogP contribution in [0.4, 0.5) is 0 Å². The van der Waals surface area contributed by atoms with Crippen molar-refractivity contribution in [3.05, 3.63) is 58.7 Å². The van der Waals surface area contributed by atoms with E-state index in [-0.39, 0.29) is 36.2 Å². The van der Waals surface area contributed by atoms with Crippen LogP contribution in [0.2, 0.25) is 0 Å². The number of carbonyl (C=O) groups is 1. The first-order chi connectivity index (χ1) is 12.4. The number of aliphatic hydroxyl groups excluding tert-OH is 1. The molecule has 6 heteroatoms. The van der Waals surface area contributed by atoms with Crippen LogP contribution in [0.25, 0.3) is 0 Å². The molecule has 0 radical (unpaired) electrons. The van der Waals surface area contributed by atoms with E-state index in [1.807, 2.05) is 0 Å². The van der Waals surface area contributed by atoms with E-state index in [1.165, 1.54) is 30.3 Å². The second-order valence-electron chi connectivity index (χ2n) is 6.32. The van der Waals surface area contributed by atoms with E-state index >= 15 is 0 Å². The van der Waals surface area contributed by atoms with Gasteiger partial charge in [-0.15, -0.1) is 0 Å². The second kappa shape index (κ2) is 7.09. The Bertz CT molecular complexity index is 884. The van der Waals surface area contributed by atoms with Crippen LogP contribution in [0.15, 0.2) is 42.0 Å². The SMILES string of the molecule is C/C(=C\Cc1c(O)ccc2c1OC[C@@H](c1ccc(O)cc1O)C2=O)CO. The third-order valence-corrected chi connectivity index (χ3v) is 4.51. The fourth-order valence-electron chi connectivity index (χ4n) is 3.00. The standard InChI is InChI=1S/C20H20O6/c1-11(9-21)2-4-14-17(23)7-6-15-19(25)16(10-26-20(14)15)13-5-3-12(22)8-18(13)24/h2-3,5-8,16,21-24H,4,9-10H2,1H3/b11-2+/t16-/m0/s1. The summed E-state index contributed by atoms with van der Waals surface area (Å²) in [6.45, 7) is 1.70. The first-order valence-electron chi connectivity index (χ1n) is 8.22. The van der Waals surface area contributed by atoms with Gasteiger partial charge in [-0.3, -0.25) is 4.79 Å². The molecule has 26 heavy (non-hydrogen) atoms. The molecule has 0 unspecified atom stereocenters. The second-order valence-corrected chi connectivity index (χ2v) is 6.32. The molecule has 1 heterocycles. The Labute approximate surface area is 150 Å². The Morgan fingerprint density at radius 2 is 1.96 bits per heavy atom. The summed E-state index contributed by atoms with van der Waals surface area (Å²) in [6.07, 6.45) is 2.09. The van der Waals surface area contributed by atoms with E-state index < -0.39 is 5.92 Å². The van der Waals surface area contributed by atoms with Crippen LogP contribution >= 0.6 is 0 Å². The van der Waals surface area contributed by atoms with Crippen molar-refractivity contribution in [1.82, 2.24) is 0 Å². The number of phenols is 3. The topological polar surface area (TPSA) is 107 Å². The number of carbonyl (C=O) groups excluding carboxylic acids is 1. The van der Waals surface area contributed by atoms with Crippen molar-refractivity contribution in [1.29, 1.82) is 0 Å². The van der Waals surface area contributed by atoms with E-state index in [2.05, 4.69) is 0 Å². The van der Waals surface area contributed by atoms with Crippen LogP contribution in [0, 0.1) is 0 Å². The summed E-state index contributed by atoms with van der Waals surface area (Å²) >= 11 is 0. The minimum absolute atomic E-state index is 0.0172. The van der Waals surface area contributed by atoms with Crippen molar-refractivity contribution >= 4 is 5.78 Å². The van der Waals surface area contributed by atoms with Gasteiger partial charge in [-0.1, -0.05) is 17.7 Å². The predicted octanol–water partition coefficient (Wildman–Crippen LogP) is 2.64. The first kappa shape index (κ1) is 17.8. The van der Waals surface area contributed by atoms with Gasteiger partial charge in [0, 0.05) is 17.2 Å². The maximum Gasteiger partial charge on any atom is 0.177 e. The lowest BCUT2D eigenvalue weighted by molar-refractivity contribution is 0.0892. The lowest BCUT2D eigenvalue weighted by Gasteiger charge is -2.27. The molecule has 0 aromatic heterocycles. The monoisotopic (exact) mass is 356 g/mol. The quantitative estimate of drug-likeness (QED) is 0.628. The van der Waals surface area contributed by atoms with E-state index in [0.717, 1.165) is 5.57 Å². The van der Waals surface area contributed by atoms with E-state index in [1.54, 1.807) is 13.0 Å². The Balaban J connectivity index is 1.98. The number of aromatic hydroxyl groups is 3. The van der Waals surface area contributed by atoms with Gasteiger partial charge >= 0.3 is 0 Å². The number of hydrogen-bond donors (Lipinski definition) is 4. The van der Waals surface area contributed by atoms with Gasteiger partial charge in [0.25, 0.3) is 0 Å². The number of allylic oxidation sites excluding steroid dienone is 1. The Morgan fingerprint density at radius 3 is 2.65 bits per heavy atom. The van der Waals surface area contributed by atoms with Gasteiger partial charge in [-0.2, -0.15) is 0 Å². The minimum atomic E-state index is -0.699. The van der Waals surface area contributed by atoms with Crippen LogP contribution < -0.4 is 4.74 Å². The third kappa shape index (κ3) is 3.23. The molecule has 1 aliphatic rings. The Morgan fingerprint density at radius 1 is 1.19 bits per heavy atom. The van der Waals surface area contributed by atoms with Crippen molar-refractivity contribution in [3.63, 3.8) is 0 Å². The molecule has 4 N–H and O–H groups in total. The van der Waals surface area contributed by atoms with Crippen molar-refractivity contribution in [2.75, 3.05) is 13.2 Å². The van der Waals surface area contributed by atoms with Gasteiger partial charge in [0.2, 0.25) is 0 Å². The smallest absolute Gasteiger partial charge is 0.177 e. The molecule has 136 valence electrons. The number of ether oxygens (including phenoxy) is 1. The van der Waals surface area contributed by atoms with Crippen LogP contribution in [-0.2, 0) is 6.42 Å². The molecule has 0 fully saturated rings. The van der Waals surface area contributed by atoms with Gasteiger partial charge in [0.15, 0.2) is 5.78 Å². The van der Waals surface area contributed by atoms with Crippen molar-refractivity contribution in [2.24, 2.45) is 0 Å². The summed E-state index contributed by atoms with van der Waals surface area (Å²) in [5.74, 6) is -0.840. The van der Waals surface area contributed by atoms with Crippen LogP contribution in [0.5, 0.6) is 23.0 Å². The lowest BCUT2D eigenvalue weighted by Crippen LogP contribution is -2.26. The summed E-state index contributed by atoms with van der Waals surface area (Å²) in [7, 11) is 0. The molecule has 2 aromatic carbocycles. The fraction of sp³-hybridized carbons (Fsp3) is 0.250. The normalized spacial score (nSPS) is 16.9. The zero-order chi connectivity index (χ0) is 18.8. The number of aliphatic hydroxyl groups is 1. The van der Waals surface area contributed by atoms with E-state index in [9.17, 15) is 20.1 Å². The average Bonchev–Trinajstić information content (AvgIpc) is 2.61. The van der Waals surface area contributed by atoms with Crippen LogP contribution in [0.1, 0.15) is 34.3 Å².